The van der Waals surface area contributed by atoms with Crippen molar-refractivity contribution in [2.24, 2.45) is 0 Å². The van der Waals surface area contributed by atoms with Crippen molar-refractivity contribution >= 4 is 0 Å². The quantitative estimate of drug-likeness (QED) is 0.607. The molecule has 0 bridgehead atoms. The molecule has 3 nitrogen and oxygen atoms in total. The van der Waals surface area contributed by atoms with Crippen molar-refractivity contribution in [3.05, 3.63) is 0 Å². The van der Waals surface area contributed by atoms with Crippen LogP contribution in [-0.2, 0) is 4.74 Å². The Bertz CT molecular complexity index is 95.8. The summed E-state index contributed by atoms with van der Waals surface area (Å²) in [7, 11) is 0. The average molecular weight is 176 g/mol. The van der Waals surface area contributed by atoms with Gasteiger partial charge in [-0.25, -0.2) is 0 Å². The van der Waals surface area contributed by atoms with Crippen LogP contribution in [0.4, 0.5) is 0 Å². The Hall–Kier alpha value is -0.120. The van der Waals surface area contributed by atoms with Gasteiger partial charge in [0.2, 0.25) is 0 Å². The molecule has 0 aliphatic carbocycles. The standard InChI is InChI=1S/C9H20O3/c1-3-5-9(4-2)12-7-8(11)6-10/h8-11H,3-7H2,1-2H3/t8-,9?/m0/s1. The van der Waals surface area contributed by atoms with E-state index in [0.717, 1.165) is 19.3 Å². The summed E-state index contributed by atoms with van der Waals surface area (Å²) in [6, 6.07) is 0. The van der Waals surface area contributed by atoms with E-state index in [1.165, 1.54) is 0 Å². The summed E-state index contributed by atoms with van der Waals surface area (Å²) >= 11 is 0. The van der Waals surface area contributed by atoms with Crippen molar-refractivity contribution in [2.45, 2.75) is 45.3 Å². The van der Waals surface area contributed by atoms with E-state index in [1.807, 2.05) is 0 Å². The van der Waals surface area contributed by atoms with E-state index in [9.17, 15) is 0 Å². The average Bonchev–Trinajstić information content (AvgIpc) is 2.11. The number of rotatable bonds is 7. The Balaban J connectivity index is 3.43. The lowest BCUT2D eigenvalue weighted by molar-refractivity contribution is -0.0322. The minimum atomic E-state index is -0.726. The fourth-order valence-electron chi connectivity index (χ4n) is 1.03. The van der Waals surface area contributed by atoms with Gasteiger partial charge < -0.3 is 14.9 Å². The number of ether oxygens (including phenoxy) is 1. The summed E-state index contributed by atoms with van der Waals surface area (Å²) in [6.07, 6.45) is 2.58. The second-order valence-corrected chi connectivity index (χ2v) is 2.99. The van der Waals surface area contributed by atoms with E-state index in [1.54, 1.807) is 0 Å². The molecule has 0 radical (unpaired) electrons. The molecule has 0 amide bonds. The highest BCUT2D eigenvalue weighted by molar-refractivity contribution is 4.57. The highest BCUT2D eigenvalue weighted by Crippen LogP contribution is 2.06. The molecular formula is C9H20O3. The molecule has 0 aromatic heterocycles. The largest absolute Gasteiger partial charge is 0.394 e. The van der Waals surface area contributed by atoms with Crippen molar-refractivity contribution in [1.82, 2.24) is 0 Å². The second-order valence-electron chi connectivity index (χ2n) is 2.99. The summed E-state index contributed by atoms with van der Waals surface area (Å²) < 4.78 is 5.37. The molecule has 0 saturated heterocycles. The van der Waals surface area contributed by atoms with Gasteiger partial charge in [0.15, 0.2) is 0 Å². The topological polar surface area (TPSA) is 49.7 Å². The van der Waals surface area contributed by atoms with Crippen molar-refractivity contribution in [3.8, 4) is 0 Å². The lowest BCUT2D eigenvalue weighted by Crippen LogP contribution is -2.23. The first-order valence-electron chi connectivity index (χ1n) is 4.65. The third-order valence-electron chi connectivity index (χ3n) is 1.80. The third-order valence-corrected chi connectivity index (χ3v) is 1.80. The van der Waals surface area contributed by atoms with Crippen LogP contribution in [-0.4, -0.2) is 35.6 Å². The summed E-state index contributed by atoms with van der Waals surface area (Å²) in [4.78, 5) is 0. The van der Waals surface area contributed by atoms with Crippen LogP contribution in [0.1, 0.15) is 33.1 Å². The van der Waals surface area contributed by atoms with Gasteiger partial charge in [0, 0.05) is 0 Å². The lowest BCUT2D eigenvalue weighted by Gasteiger charge is -2.16. The Morgan fingerprint density at radius 2 is 2.00 bits per heavy atom. The van der Waals surface area contributed by atoms with Gasteiger partial charge in [-0.3, -0.25) is 0 Å². The maximum absolute atomic E-state index is 9.00. The van der Waals surface area contributed by atoms with E-state index in [4.69, 9.17) is 14.9 Å². The normalized spacial score (nSPS) is 16.0. The number of hydrogen-bond donors (Lipinski definition) is 2. The molecule has 1 unspecified atom stereocenters. The molecule has 0 spiro atoms. The van der Waals surface area contributed by atoms with Crippen LogP contribution in [0.15, 0.2) is 0 Å². The van der Waals surface area contributed by atoms with Crippen LogP contribution in [0.3, 0.4) is 0 Å². The van der Waals surface area contributed by atoms with E-state index in [-0.39, 0.29) is 19.3 Å². The molecule has 0 aromatic carbocycles. The molecule has 0 rings (SSSR count). The van der Waals surface area contributed by atoms with E-state index < -0.39 is 6.10 Å². The summed E-state index contributed by atoms with van der Waals surface area (Å²) in [5, 5.41) is 17.5. The van der Waals surface area contributed by atoms with Crippen LogP contribution < -0.4 is 0 Å². The fraction of sp³-hybridized carbons (Fsp3) is 1.00. The van der Waals surface area contributed by atoms with Gasteiger partial charge in [0.1, 0.15) is 6.10 Å². The number of hydrogen-bond acceptors (Lipinski definition) is 3. The molecule has 0 aliphatic rings. The Labute approximate surface area is 74.4 Å². The maximum atomic E-state index is 9.00. The first-order chi connectivity index (χ1) is 5.74. The molecule has 2 N–H and O–H groups in total. The van der Waals surface area contributed by atoms with Crippen LogP contribution in [0.5, 0.6) is 0 Å². The molecule has 0 fully saturated rings. The molecule has 0 aliphatic heterocycles. The van der Waals surface area contributed by atoms with Crippen LogP contribution in [0, 0.1) is 0 Å². The smallest absolute Gasteiger partial charge is 0.100 e. The third kappa shape index (κ3) is 5.52. The molecule has 12 heavy (non-hydrogen) atoms. The monoisotopic (exact) mass is 176 g/mol. The zero-order valence-electron chi connectivity index (χ0n) is 7.99. The van der Waals surface area contributed by atoms with Gasteiger partial charge in [0.25, 0.3) is 0 Å². The van der Waals surface area contributed by atoms with Crippen molar-refractivity contribution < 1.29 is 14.9 Å². The molecule has 0 heterocycles. The number of aliphatic hydroxyl groups excluding tert-OH is 2. The van der Waals surface area contributed by atoms with Gasteiger partial charge >= 0.3 is 0 Å². The minimum absolute atomic E-state index is 0.220. The maximum Gasteiger partial charge on any atom is 0.100 e. The molecule has 3 heteroatoms. The fourth-order valence-corrected chi connectivity index (χ4v) is 1.03. The Kier molecular flexibility index (Phi) is 7.45. The second kappa shape index (κ2) is 7.53. The van der Waals surface area contributed by atoms with Crippen molar-refractivity contribution in [2.75, 3.05) is 13.2 Å². The predicted molar refractivity (Wildman–Crippen MR) is 48.0 cm³/mol. The predicted octanol–water partition coefficient (Wildman–Crippen LogP) is 0.935. The highest BCUT2D eigenvalue weighted by atomic mass is 16.5. The van der Waals surface area contributed by atoms with Crippen molar-refractivity contribution in [1.29, 1.82) is 0 Å². The zero-order valence-corrected chi connectivity index (χ0v) is 7.99. The molecule has 74 valence electrons. The van der Waals surface area contributed by atoms with Gasteiger partial charge in [-0.05, 0) is 12.8 Å². The lowest BCUT2D eigenvalue weighted by atomic mass is 10.1. The Morgan fingerprint density at radius 3 is 2.42 bits per heavy atom. The SMILES string of the molecule is CCCC(CC)OC[C@@H](O)CO. The van der Waals surface area contributed by atoms with E-state index in [2.05, 4.69) is 13.8 Å². The zero-order chi connectivity index (χ0) is 9.40. The van der Waals surface area contributed by atoms with Crippen LogP contribution in [0.2, 0.25) is 0 Å². The van der Waals surface area contributed by atoms with Gasteiger partial charge in [-0.15, -0.1) is 0 Å². The molecule has 0 aromatic rings. The summed E-state index contributed by atoms with van der Waals surface area (Å²) in [6.45, 7) is 4.19. The molecular weight excluding hydrogens is 156 g/mol. The van der Waals surface area contributed by atoms with Crippen LogP contribution >= 0.6 is 0 Å². The van der Waals surface area contributed by atoms with Gasteiger partial charge in [-0.1, -0.05) is 20.3 Å². The van der Waals surface area contributed by atoms with Crippen molar-refractivity contribution in [3.63, 3.8) is 0 Å². The van der Waals surface area contributed by atoms with E-state index in [0.29, 0.717) is 0 Å². The van der Waals surface area contributed by atoms with Gasteiger partial charge in [-0.2, -0.15) is 0 Å². The van der Waals surface area contributed by atoms with E-state index >= 15 is 0 Å². The molecule has 0 saturated carbocycles. The summed E-state index contributed by atoms with van der Waals surface area (Å²) in [5.74, 6) is 0. The highest BCUT2D eigenvalue weighted by Gasteiger charge is 2.08. The summed E-state index contributed by atoms with van der Waals surface area (Å²) in [5.41, 5.74) is 0. The minimum Gasteiger partial charge on any atom is -0.394 e. The first kappa shape index (κ1) is 11.9. The Morgan fingerprint density at radius 1 is 1.33 bits per heavy atom. The van der Waals surface area contributed by atoms with Crippen LogP contribution in [0.25, 0.3) is 0 Å². The number of aliphatic hydroxyl groups is 2. The first-order valence-corrected chi connectivity index (χ1v) is 4.65. The van der Waals surface area contributed by atoms with Gasteiger partial charge in [0.05, 0.1) is 19.3 Å². The molecule has 2 atom stereocenters.